The minimum Gasteiger partial charge on any atom is -0.465 e. The van der Waals surface area contributed by atoms with Crippen molar-refractivity contribution in [2.75, 3.05) is 14.2 Å². The van der Waals surface area contributed by atoms with Crippen LogP contribution < -0.4 is 0 Å². The van der Waals surface area contributed by atoms with E-state index < -0.39 is 11.9 Å². The standard InChI is InChI=1S/C12H8Cl2N2O6/c1-19-11(17)9(5-3-7(13)15-21-5)10(12(18)20-2)6-4-8(14)16-22-6/h3-4H,1-2H3/b10-9+. The van der Waals surface area contributed by atoms with E-state index in [4.69, 9.17) is 32.2 Å². The van der Waals surface area contributed by atoms with Crippen molar-refractivity contribution in [2.45, 2.75) is 0 Å². The van der Waals surface area contributed by atoms with Gasteiger partial charge in [0, 0.05) is 12.1 Å². The fraction of sp³-hybridized carbons (Fsp3) is 0.167. The molecule has 0 radical (unpaired) electrons. The molecule has 0 atom stereocenters. The van der Waals surface area contributed by atoms with Crippen LogP contribution in [-0.4, -0.2) is 36.5 Å². The molecule has 2 heterocycles. The molecule has 0 N–H and O–H groups in total. The summed E-state index contributed by atoms with van der Waals surface area (Å²) in [5.74, 6) is -1.99. The normalized spacial score (nSPS) is 11.8. The Labute approximate surface area is 133 Å². The number of halogens is 2. The zero-order valence-electron chi connectivity index (χ0n) is 11.3. The maximum Gasteiger partial charge on any atom is 0.342 e. The van der Waals surface area contributed by atoms with E-state index in [9.17, 15) is 9.59 Å². The number of ether oxygens (including phenoxy) is 2. The van der Waals surface area contributed by atoms with Gasteiger partial charge in [0.1, 0.15) is 11.1 Å². The van der Waals surface area contributed by atoms with Crippen LogP contribution in [0.2, 0.25) is 10.3 Å². The van der Waals surface area contributed by atoms with Gasteiger partial charge in [0.05, 0.1) is 14.2 Å². The maximum atomic E-state index is 12.0. The molecule has 0 amide bonds. The van der Waals surface area contributed by atoms with Crippen molar-refractivity contribution in [3.63, 3.8) is 0 Å². The van der Waals surface area contributed by atoms with Crippen LogP contribution in [0.5, 0.6) is 0 Å². The van der Waals surface area contributed by atoms with Gasteiger partial charge >= 0.3 is 11.9 Å². The van der Waals surface area contributed by atoms with E-state index in [2.05, 4.69) is 19.8 Å². The molecule has 0 fully saturated rings. The number of rotatable bonds is 4. The summed E-state index contributed by atoms with van der Waals surface area (Å²) in [5, 5.41) is 6.85. The largest absolute Gasteiger partial charge is 0.465 e. The SMILES string of the molecule is COC(=O)/C(=C(/C(=O)OC)c1cc(Cl)no1)c1cc(Cl)no1. The first kappa shape index (κ1) is 16.1. The second-order valence-electron chi connectivity index (χ2n) is 3.76. The molecule has 0 aliphatic rings. The highest BCUT2D eigenvalue weighted by molar-refractivity contribution is 6.37. The van der Waals surface area contributed by atoms with Gasteiger partial charge in [-0.15, -0.1) is 0 Å². The third kappa shape index (κ3) is 3.12. The summed E-state index contributed by atoms with van der Waals surface area (Å²) in [4.78, 5) is 24.1. The van der Waals surface area contributed by atoms with Crippen LogP contribution in [0, 0.1) is 0 Å². The average Bonchev–Trinajstić information content (AvgIpc) is 3.11. The van der Waals surface area contributed by atoms with Crippen molar-refractivity contribution in [2.24, 2.45) is 0 Å². The monoisotopic (exact) mass is 346 g/mol. The molecule has 10 heteroatoms. The second kappa shape index (κ2) is 6.63. The highest BCUT2D eigenvalue weighted by Gasteiger charge is 2.31. The molecule has 0 bridgehead atoms. The molecule has 0 aliphatic heterocycles. The number of hydrogen-bond donors (Lipinski definition) is 0. The summed E-state index contributed by atoms with van der Waals surface area (Å²) in [5.41, 5.74) is -0.580. The molecule has 0 saturated heterocycles. The van der Waals surface area contributed by atoms with Gasteiger partial charge < -0.3 is 18.5 Å². The minimum absolute atomic E-state index is 0.0174. The Kier molecular flexibility index (Phi) is 4.84. The van der Waals surface area contributed by atoms with E-state index >= 15 is 0 Å². The molecule has 0 aliphatic carbocycles. The minimum atomic E-state index is -0.888. The fourth-order valence-corrected chi connectivity index (χ4v) is 1.87. The number of esters is 2. The Morgan fingerprint density at radius 1 is 0.909 bits per heavy atom. The van der Waals surface area contributed by atoms with Crippen LogP contribution in [0.4, 0.5) is 0 Å². The maximum absolute atomic E-state index is 12.0. The molecule has 0 saturated carbocycles. The second-order valence-corrected chi connectivity index (χ2v) is 4.54. The van der Waals surface area contributed by atoms with Crippen LogP contribution in [-0.2, 0) is 19.1 Å². The first-order valence-electron chi connectivity index (χ1n) is 5.64. The molecule has 8 nitrogen and oxygen atoms in total. The van der Waals surface area contributed by atoms with Crippen molar-refractivity contribution in [3.05, 3.63) is 34.0 Å². The Morgan fingerprint density at radius 2 is 1.27 bits per heavy atom. The molecular formula is C12H8Cl2N2O6. The van der Waals surface area contributed by atoms with Crippen molar-refractivity contribution >= 4 is 46.3 Å². The topological polar surface area (TPSA) is 105 Å². The Morgan fingerprint density at radius 3 is 1.50 bits per heavy atom. The summed E-state index contributed by atoms with van der Waals surface area (Å²) in [6.07, 6.45) is 0. The molecule has 2 rings (SSSR count). The lowest BCUT2D eigenvalue weighted by atomic mass is 10.0. The first-order chi connectivity index (χ1) is 10.5. The van der Waals surface area contributed by atoms with Crippen LogP contribution in [0.25, 0.3) is 11.1 Å². The van der Waals surface area contributed by atoms with Gasteiger partial charge in [-0.1, -0.05) is 33.5 Å². The molecule has 2 aromatic heterocycles. The number of nitrogens with zero attached hydrogens (tertiary/aromatic N) is 2. The molecule has 0 unspecified atom stereocenters. The van der Waals surface area contributed by atoms with Gasteiger partial charge in [-0.2, -0.15) is 0 Å². The van der Waals surface area contributed by atoms with Gasteiger partial charge in [0.25, 0.3) is 0 Å². The lowest BCUT2D eigenvalue weighted by molar-refractivity contribution is -0.136. The highest BCUT2D eigenvalue weighted by atomic mass is 35.5. The molecular weight excluding hydrogens is 339 g/mol. The van der Waals surface area contributed by atoms with E-state index in [1.54, 1.807) is 0 Å². The van der Waals surface area contributed by atoms with Crippen molar-refractivity contribution in [1.82, 2.24) is 10.3 Å². The first-order valence-corrected chi connectivity index (χ1v) is 6.39. The Balaban J connectivity index is 2.75. The van der Waals surface area contributed by atoms with Crippen molar-refractivity contribution in [1.29, 1.82) is 0 Å². The van der Waals surface area contributed by atoms with Crippen molar-refractivity contribution < 1.29 is 28.1 Å². The third-order valence-corrected chi connectivity index (χ3v) is 2.84. The number of aromatic nitrogens is 2. The van der Waals surface area contributed by atoms with Crippen molar-refractivity contribution in [3.8, 4) is 0 Å². The predicted molar refractivity (Wildman–Crippen MR) is 73.9 cm³/mol. The van der Waals surface area contributed by atoms with E-state index in [0.717, 1.165) is 14.2 Å². The average molecular weight is 347 g/mol. The summed E-state index contributed by atoms with van der Waals surface area (Å²) >= 11 is 11.3. The zero-order chi connectivity index (χ0) is 16.3. The van der Waals surface area contributed by atoms with Crippen LogP contribution >= 0.6 is 23.2 Å². The van der Waals surface area contributed by atoms with Gasteiger partial charge in [0.15, 0.2) is 21.8 Å². The molecule has 0 aromatic carbocycles. The van der Waals surface area contributed by atoms with E-state index in [1.165, 1.54) is 12.1 Å². The fourth-order valence-electron chi connectivity index (χ4n) is 1.60. The van der Waals surface area contributed by atoms with Gasteiger partial charge in [-0.05, 0) is 0 Å². The summed E-state index contributed by atoms with van der Waals surface area (Å²) in [6, 6.07) is 2.46. The van der Waals surface area contributed by atoms with Crippen LogP contribution in [0.15, 0.2) is 21.2 Å². The van der Waals surface area contributed by atoms with Crippen LogP contribution in [0.1, 0.15) is 11.5 Å². The summed E-state index contributed by atoms with van der Waals surface area (Å²) < 4.78 is 19.1. The molecule has 116 valence electrons. The lowest BCUT2D eigenvalue weighted by Crippen LogP contribution is -2.12. The lowest BCUT2D eigenvalue weighted by Gasteiger charge is -2.07. The number of carbonyl (C=O) groups excluding carboxylic acids is 2. The van der Waals surface area contributed by atoms with Gasteiger partial charge in [0.2, 0.25) is 0 Å². The van der Waals surface area contributed by atoms with E-state index in [-0.39, 0.29) is 33.0 Å². The highest BCUT2D eigenvalue weighted by Crippen LogP contribution is 2.31. The molecule has 0 spiro atoms. The van der Waals surface area contributed by atoms with E-state index in [1.807, 2.05) is 0 Å². The Hall–Kier alpha value is -2.32. The summed E-state index contributed by atoms with van der Waals surface area (Å²) in [6.45, 7) is 0. The quantitative estimate of drug-likeness (QED) is 0.612. The number of methoxy groups -OCH3 is 2. The third-order valence-electron chi connectivity index (χ3n) is 2.48. The molecule has 2 aromatic rings. The van der Waals surface area contributed by atoms with Gasteiger partial charge in [-0.25, -0.2) is 9.59 Å². The predicted octanol–water partition coefficient (Wildman–Crippen LogP) is 2.23. The smallest absolute Gasteiger partial charge is 0.342 e. The number of hydrogen-bond acceptors (Lipinski definition) is 8. The van der Waals surface area contributed by atoms with Gasteiger partial charge in [-0.3, -0.25) is 0 Å². The van der Waals surface area contributed by atoms with E-state index in [0.29, 0.717) is 0 Å². The zero-order valence-corrected chi connectivity index (χ0v) is 12.8. The Bertz CT molecular complexity index is 686. The van der Waals surface area contributed by atoms with Crippen LogP contribution in [0.3, 0.4) is 0 Å². The summed E-state index contributed by atoms with van der Waals surface area (Å²) in [7, 11) is 2.26. The number of carbonyl (C=O) groups is 2. The molecule has 22 heavy (non-hydrogen) atoms.